The summed E-state index contributed by atoms with van der Waals surface area (Å²) in [6, 6.07) is 16.1. The molecule has 55 heavy (non-hydrogen) atoms. The summed E-state index contributed by atoms with van der Waals surface area (Å²) in [6.45, 7) is 5.84. The average molecular weight is 743 g/mol. The van der Waals surface area contributed by atoms with Crippen molar-refractivity contribution in [1.29, 1.82) is 0 Å². The Balaban J connectivity index is 0.785. The van der Waals surface area contributed by atoms with Crippen LogP contribution in [0.15, 0.2) is 67.1 Å². The number of amides is 4. The molecular formula is C41H46N10O4. The largest absolute Gasteiger partial charge is 0.496 e. The van der Waals surface area contributed by atoms with Gasteiger partial charge in [0.2, 0.25) is 5.91 Å². The first-order valence-electron chi connectivity index (χ1n) is 19.4. The van der Waals surface area contributed by atoms with Crippen LogP contribution in [0.25, 0.3) is 27.5 Å². The maximum absolute atomic E-state index is 13.4. The van der Waals surface area contributed by atoms with E-state index in [1.165, 1.54) is 25.0 Å². The molecule has 0 unspecified atom stereocenters. The van der Waals surface area contributed by atoms with Crippen molar-refractivity contribution in [1.82, 2.24) is 39.2 Å². The highest BCUT2D eigenvalue weighted by Crippen LogP contribution is 2.38. The normalized spacial score (nSPS) is 20.1. The molecule has 2 aliphatic heterocycles. The Kier molecular flexibility index (Phi) is 9.20. The van der Waals surface area contributed by atoms with Crippen LogP contribution in [0.3, 0.4) is 0 Å². The molecule has 2 N–H and O–H groups in total. The molecule has 3 aliphatic rings. The van der Waals surface area contributed by atoms with Gasteiger partial charge in [0.25, 0.3) is 5.91 Å². The average Bonchev–Trinajstić information content (AvgIpc) is 3.91. The van der Waals surface area contributed by atoms with Crippen molar-refractivity contribution in [2.75, 3.05) is 43.5 Å². The highest BCUT2D eigenvalue weighted by molar-refractivity contribution is 6.10. The molecule has 9 rings (SSSR count). The second-order valence-corrected chi connectivity index (χ2v) is 15.3. The van der Waals surface area contributed by atoms with Crippen LogP contribution in [-0.4, -0.2) is 85.0 Å². The van der Waals surface area contributed by atoms with Crippen LogP contribution in [0.5, 0.6) is 5.75 Å². The van der Waals surface area contributed by atoms with Gasteiger partial charge >= 0.3 is 6.03 Å². The Hall–Kier alpha value is -5.76. The lowest BCUT2D eigenvalue weighted by molar-refractivity contribution is -0.120. The number of methoxy groups -OCH3 is 1. The number of imidazole rings is 1. The molecule has 284 valence electrons. The molecular weight excluding hydrogens is 697 g/mol. The van der Waals surface area contributed by atoms with Crippen molar-refractivity contribution in [3.8, 4) is 5.75 Å². The van der Waals surface area contributed by atoms with E-state index in [0.717, 1.165) is 72.8 Å². The van der Waals surface area contributed by atoms with Crippen molar-refractivity contribution in [3.63, 3.8) is 0 Å². The summed E-state index contributed by atoms with van der Waals surface area (Å²) in [5.41, 5.74) is 5.12. The van der Waals surface area contributed by atoms with E-state index in [4.69, 9.17) is 9.84 Å². The summed E-state index contributed by atoms with van der Waals surface area (Å²) in [4.78, 5) is 46.4. The second-order valence-electron chi connectivity index (χ2n) is 15.3. The third-order valence-electron chi connectivity index (χ3n) is 12.0. The van der Waals surface area contributed by atoms with Gasteiger partial charge in [-0.2, -0.15) is 14.7 Å². The first kappa shape index (κ1) is 35.0. The number of aryl methyl sites for hydroxylation is 1. The Morgan fingerprint density at radius 1 is 0.982 bits per heavy atom. The number of hydrogen-bond acceptors (Lipinski definition) is 8. The second kappa shape index (κ2) is 14.5. The summed E-state index contributed by atoms with van der Waals surface area (Å²) in [5, 5.41) is 16.6. The van der Waals surface area contributed by atoms with Crippen molar-refractivity contribution < 1.29 is 19.1 Å². The molecule has 4 aromatic heterocycles. The zero-order chi connectivity index (χ0) is 37.6. The van der Waals surface area contributed by atoms with Gasteiger partial charge in [-0.05, 0) is 101 Å². The molecule has 0 bridgehead atoms. The fourth-order valence-corrected chi connectivity index (χ4v) is 9.05. The molecule has 1 saturated carbocycles. The van der Waals surface area contributed by atoms with E-state index >= 15 is 0 Å². The molecule has 14 heteroatoms. The van der Waals surface area contributed by atoms with Gasteiger partial charge < -0.3 is 19.5 Å². The number of piperidine rings is 1. The Bertz CT molecular complexity index is 2410. The van der Waals surface area contributed by atoms with Crippen molar-refractivity contribution in [2.24, 2.45) is 5.92 Å². The SMILES string of the molecule is COc1cc2nn(C3CCC(CCN4CCC(n5c(C)cc6c(N7CCC(=O)NC7=O)cccc65)CC4)CC3)cc2cc1C(=O)Nc1cnc2cccnn12. The maximum Gasteiger partial charge on any atom is 0.328 e. The molecule has 3 fully saturated rings. The number of rotatable bonds is 9. The summed E-state index contributed by atoms with van der Waals surface area (Å²) in [6.07, 6.45) is 13.6. The molecule has 2 saturated heterocycles. The van der Waals surface area contributed by atoms with Crippen LogP contribution in [0, 0.1) is 12.8 Å². The Morgan fingerprint density at radius 3 is 2.62 bits per heavy atom. The first-order valence-corrected chi connectivity index (χ1v) is 19.4. The Labute approximate surface area is 318 Å². The van der Waals surface area contributed by atoms with Gasteiger partial charge in [-0.3, -0.25) is 24.5 Å². The number of fused-ring (bicyclic) bond motifs is 3. The van der Waals surface area contributed by atoms with Crippen molar-refractivity contribution >= 4 is 56.8 Å². The molecule has 0 spiro atoms. The first-order chi connectivity index (χ1) is 26.8. The predicted octanol–water partition coefficient (Wildman–Crippen LogP) is 6.51. The lowest BCUT2D eigenvalue weighted by Crippen LogP contribution is -2.49. The lowest BCUT2D eigenvalue weighted by Gasteiger charge is -2.35. The number of ether oxygens (including phenoxy) is 1. The van der Waals surface area contributed by atoms with Crippen LogP contribution < -0.4 is 20.3 Å². The van der Waals surface area contributed by atoms with Gasteiger partial charge in [0, 0.05) is 67.0 Å². The molecule has 6 aromatic rings. The third-order valence-corrected chi connectivity index (χ3v) is 12.0. The number of benzene rings is 2. The highest BCUT2D eigenvalue weighted by Gasteiger charge is 2.29. The van der Waals surface area contributed by atoms with Crippen molar-refractivity contribution in [3.05, 3.63) is 78.4 Å². The fourth-order valence-electron chi connectivity index (χ4n) is 9.05. The molecule has 6 heterocycles. The minimum absolute atomic E-state index is 0.217. The lowest BCUT2D eigenvalue weighted by atomic mass is 9.84. The van der Waals surface area contributed by atoms with E-state index in [2.05, 4.69) is 60.1 Å². The molecule has 1 aliphatic carbocycles. The standard InChI is InChI=1S/C41H46N10O4/c1-26-21-31-34(48-20-15-39(52)45-41(48)54)5-3-6-35(31)50(26)30-13-18-47(19-14-30)17-12-27-8-10-29(11-9-27)49-25-28-22-32(36(55-2)23-33(28)46-49)40(53)44-38-24-42-37-7-4-16-43-51(37)38/h3-7,16,21-25,27,29-30H,8-15,17-20H2,1-2H3,(H,44,53)(H,45,52,54). The zero-order valence-corrected chi connectivity index (χ0v) is 31.3. The number of urea groups is 1. The van der Waals surface area contributed by atoms with Gasteiger partial charge in [0.05, 0.1) is 41.6 Å². The van der Waals surface area contributed by atoms with E-state index in [1.807, 2.05) is 30.3 Å². The van der Waals surface area contributed by atoms with Crippen LogP contribution in [0.4, 0.5) is 16.3 Å². The fraction of sp³-hybridized carbons (Fsp3) is 0.415. The summed E-state index contributed by atoms with van der Waals surface area (Å²) in [7, 11) is 1.57. The van der Waals surface area contributed by atoms with Crippen molar-refractivity contribution in [2.45, 2.75) is 70.4 Å². The quantitative estimate of drug-likeness (QED) is 0.171. The predicted molar refractivity (Wildman–Crippen MR) is 210 cm³/mol. The van der Waals surface area contributed by atoms with Gasteiger partial charge in [-0.1, -0.05) is 6.07 Å². The summed E-state index contributed by atoms with van der Waals surface area (Å²) >= 11 is 0. The Morgan fingerprint density at radius 2 is 1.82 bits per heavy atom. The van der Waals surface area contributed by atoms with E-state index in [9.17, 15) is 14.4 Å². The van der Waals surface area contributed by atoms with Gasteiger partial charge in [-0.15, -0.1) is 0 Å². The van der Waals surface area contributed by atoms with Crippen LogP contribution >= 0.6 is 0 Å². The topological polar surface area (TPSA) is 144 Å². The third kappa shape index (κ3) is 6.68. The minimum Gasteiger partial charge on any atom is -0.496 e. The van der Waals surface area contributed by atoms with Crippen LogP contribution in [0.2, 0.25) is 0 Å². The number of nitrogens with one attached hydrogen (secondary N) is 2. The summed E-state index contributed by atoms with van der Waals surface area (Å²) in [5.74, 6) is 1.16. The van der Waals surface area contributed by atoms with Gasteiger partial charge in [-0.25, -0.2) is 9.78 Å². The number of nitrogens with zero attached hydrogens (tertiary/aromatic N) is 8. The smallest absolute Gasteiger partial charge is 0.328 e. The number of anilines is 2. The molecule has 14 nitrogen and oxygen atoms in total. The van der Waals surface area contributed by atoms with E-state index in [-0.39, 0.29) is 17.8 Å². The minimum atomic E-state index is -0.344. The van der Waals surface area contributed by atoms with E-state index in [1.54, 1.807) is 35.0 Å². The number of imide groups is 1. The van der Waals surface area contributed by atoms with E-state index < -0.39 is 0 Å². The highest BCUT2D eigenvalue weighted by atomic mass is 16.5. The maximum atomic E-state index is 13.4. The summed E-state index contributed by atoms with van der Waals surface area (Å²) < 4.78 is 11.8. The molecule has 0 atom stereocenters. The monoisotopic (exact) mass is 742 g/mol. The number of carbonyl (C=O) groups excluding carboxylic acids is 3. The number of aromatic nitrogens is 6. The molecule has 4 amide bonds. The van der Waals surface area contributed by atoms with Crippen LogP contribution in [-0.2, 0) is 4.79 Å². The number of carbonyl (C=O) groups is 3. The number of likely N-dealkylation sites (tertiary alicyclic amines) is 1. The van der Waals surface area contributed by atoms with Crippen LogP contribution in [0.1, 0.15) is 79.5 Å². The van der Waals surface area contributed by atoms with Gasteiger partial charge in [0.1, 0.15) is 5.75 Å². The molecule has 2 aromatic carbocycles. The van der Waals surface area contributed by atoms with Gasteiger partial charge in [0.15, 0.2) is 11.5 Å². The zero-order valence-electron chi connectivity index (χ0n) is 31.3. The van der Waals surface area contributed by atoms with E-state index in [0.29, 0.717) is 53.7 Å². The number of hydrogen-bond donors (Lipinski definition) is 2. The molecule has 0 radical (unpaired) electrons.